The second-order valence-electron chi connectivity index (χ2n) is 7.22. The quantitative estimate of drug-likeness (QED) is 0.750. The van der Waals surface area contributed by atoms with Crippen LogP contribution in [0.5, 0.6) is 0 Å². The molecule has 1 atom stereocenters. The summed E-state index contributed by atoms with van der Waals surface area (Å²) in [7, 11) is 0. The first-order valence-corrected chi connectivity index (χ1v) is 9.25. The zero-order valence-electron chi connectivity index (χ0n) is 15.8. The van der Waals surface area contributed by atoms with E-state index < -0.39 is 6.04 Å². The number of aryl methyl sites for hydroxylation is 2. The third-order valence-electron chi connectivity index (χ3n) is 5.46. The summed E-state index contributed by atoms with van der Waals surface area (Å²) in [5, 5.41) is 3.87. The molecule has 1 aliphatic heterocycles. The monoisotopic (exact) mass is 361 g/mol. The average Bonchev–Trinajstić information content (AvgIpc) is 3.29. The van der Waals surface area contributed by atoms with Crippen LogP contribution in [-0.4, -0.2) is 29.4 Å². The van der Waals surface area contributed by atoms with E-state index in [2.05, 4.69) is 17.2 Å². The maximum absolute atomic E-state index is 12.8. The summed E-state index contributed by atoms with van der Waals surface area (Å²) in [6.45, 7) is 6.49. The molecule has 1 unspecified atom stereocenters. The van der Waals surface area contributed by atoms with Crippen molar-refractivity contribution in [3.05, 3.63) is 64.8 Å². The SMILES string of the molecule is Cc1ccc2[nH]c(C(=O)NC(C)C(=O)N3CCc4ccccc43)cc2c1C. The number of carbonyl (C=O) groups is 2. The molecule has 5 heteroatoms. The van der Waals surface area contributed by atoms with E-state index in [1.54, 1.807) is 11.8 Å². The molecule has 5 nitrogen and oxygen atoms in total. The number of anilines is 1. The summed E-state index contributed by atoms with van der Waals surface area (Å²) in [6, 6.07) is 13.2. The number of fused-ring (bicyclic) bond motifs is 2. The van der Waals surface area contributed by atoms with Crippen LogP contribution in [0.3, 0.4) is 0 Å². The number of nitrogens with one attached hydrogen (secondary N) is 2. The van der Waals surface area contributed by atoms with Gasteiger partial charge in [-0.1, -0.05) is 24.3 Å². The summed E-state index contributed by atoms with van der Waals surface area (Å²) in [6.07, 6.45) is 0.850. The molecule has 0 saturated carbocycles. The summed E-state index contributed by atoms with van der Waals surface area (Å²) in [5.74, 6) is -0.354. The molecule has 27 heavy (non-hydrogen) atoms. The molecule has 1 aromatic heterocycles. The van der Waals surface area contributed by atoms with E-state index in [9.17, 15) is 9.59 Å². The molecule has 2 heterocycles. The van der Waals surface area contributed by atoms with Crippen LogP contribution in [0.2, 0.25) is 0 Å². The van der Waals surface area contributed by atoms with Gasteiger partial charge in [-0.25, -0.2) is 0 Å². The third-order valence-corrected chi connectivity index (χ3v) is 5.46. The Morgan fingerprint density at radius 2 is 1.93 bits per heavy atom. The second kappa shape index (κ2) is 6.58. The van der Waals surface area contributed by atoms with Crippen molar-refractivity contribution >= 4 is 28.4 Å². The van der Waals surface area contributed by atoms with E-state index in [-0.39, 0.29) is 11.8 Å². The molecule has 0 aliphatic carbocycles. The lowest BCUT2D eigenvalue weighted by atomic mass is 10.1. The van der Waals surface area contributed by atoms with Crippen LogP contribution >= 0.6 is 0 Å². The number of hydrogen-bond acceptors (Lipinski definition) is 2. The van der Waals surface area contributed by atoms with Crippen molar-refractivity contribution in [2.75, 3.05) is 11.4 Å². The van der Waals surface area contributed by atoms with Gasteiger partial charge in [0.1, 0.15) is 11.7 Å². The molecule has 0 radical (unpaired) electrons. The molecule has 2 aromatic carbocycles. The van der Waals surface area contributed by atoms with E-state index in [1.165, 1.54) is 11.1 Å². The molecule has 0 spiro atoms. The van der Waals surface area contributed by atoms with Crippen molar-refractivity contribution < 1.29 is 9.59 Å². The first-order chi connectivity index (χ1) is 13.0. The number of aromatic nitrogens is 1. The van der Waals surface area contributed by atoms with Gasteiger partial charge in [0.25, 0.3) is 5.91 Å². The van der Waals surface area contributed by atoms with E-state index in [0.29, 0.717) is 12.2 Å². The summed E-state index contributed by atoms with van der Waals surface area (Å²) in [4.78, 5) is 30.4. The number of carbonyl (C=O) groups excluding carboxylic acids is 2. The highest BCUT2D eigenvalue weighted by molar-refractivity contribution is 6.04. The number of benzene rings is 2. The minimum atomic E-state index is -0.599. The Balaban J connectivity index is 1.51. The third kappa shape index (κ3) is 2.99. The Morgan fingerprint density at radius 3 is 2.74 bits per heavy atom. The summed E-state index contributed by atoms with van der Waals surface area (Å²) >= 11 is 0. The Morgan fingerprint density at radius 1 is 1.15 bits per heavy atom. The van der Waals surface area contributed by atoms with Crippen molar-refractivity contribution in [1.82, 2.24) is 10.3 Å². The van der Waals surface area contributed by atoms with Gasteiger partial charge in [0.05, 0.1) is 0 Å². The predicted molar refractivity (Wildman–Crippen MR) is 107 cm³/mol. The largest absolute Gasteiger partial charge is 0.351 e. The van der Waals surface area contributed by atoms with Crippen LogP contribution in [0.4, 0.5) is 5.69 Å². The zero-order valence-corrected chi connectivity index (χ0v) is 15.8. The van der Waals surface area contributed by atoms with Crippen LogP contribution in [-0.2, 0) is 11.2 Å². The van der Waals surface area contributed by atoms with E-state index >= 15 is 0 Å². The van der Waals surface area contributed by atoms with Crippen LogP contribution in [0.25, 0.3) is 10.9 Å². The molecule has 138 valence electrons. The van der Waals surface area contributed by atoms with Crippen LogP contribution < -0.4 is 10.2 Å². The van der Waals surface area contributed by atoms with Crippen LogP contribution in [0.15, 0.2) is 42.5 Å². The average molecular weight is 361 g/mol. The Bertz CT molecular complexity index is 1050. The Kier molecular flexibility index (Phi) is 4.22. The van der Waals surface area contributed by atoms with Crippen LogP contribution in [0.1, 0.15) is 34.1 Å². The topological polar surface area (TPSA) is 65.2 Å². The maximum Gasteiger partial charge on any atom is 0.268 e. The molecule has 2 amide bonds. The normalized spacial score (nSPS) is 14.3. The highest BCUT2D eigenvalue weighted by atomic mass is 16.2. The maximum atomic E-state index is 12.8. The van der Waals surface area contributed by atoms with Crippen molar-refractivity contribution in [2.45, 2.75) is 33.2 Å². The van der Waals surface area contributed by atoms with Gasteiger partial charge in [-0.15, -0.1) is 0 Å². The molecule has 3 aromatic rings. The second-order valence-corrected chi connectivity index (χ2v) is 7.22. The van der Waals surface area contributed by atoms with Gasteiger partial charge in [0.2, 0.25) is 5.91 Å². The van der Waals surface area contributed by atoms with Crippen molar-refractivity contribution in [2.24, 2.45) is 0 Å². The van der Waals surface area contributed by atoms with Gasteiger partial charge in [-0.3, -0.25) is 9.59 Å². The zero-order chi connectivity index (χ0) is 19.1. The standard InChI is InChI=1S/C22H23N3O2/c1-13-8-9-18-17(14(13)2)12-19(24-18)21(26)23-15(3)22(27)25-11-10-16-6-4-5-7-20(16)25/h4-9,12,15,24H,10-11H2,1-3H3,(H,23,26). The lowest BCUT2D eigenvalue weighted by Crippen LogP contribution is -2.46. The van der Waals surface area contributed by atoms with Crippen molar-refractivity contribution in [3.8, 4) is 0 Å². The van der Waals surface area contributed by atoms with Crippen molar-refractivity contribution in [3.63, 3.8) is 0 Å². The number of hydrogen-bond donors (Lipinski definition) is 2. The lowest BCUT2D eigenvalue weighted by Gasteiger charge is -2.22. The number of nitrogens with zero attached hydrogens (tertiary/aromatic N) is 1. The highest BCUT2D eigenvalue weighted by Crippen LogP contribution is 2.28. The van der Waals surface area contributed by atoms with Gasteiger partial charge in [0.15, 0.2) is 0 Å². The number of H-pyrrole nitrogens is 1. The van der Waals surface area contributed by atoms with Gasteiger partial charge < -0.3 is 15.2 Å². The predicted octanol–water partition coefficient (Wildman–Crippen LogP) is 3.49. The number of aromatic amines is 1. The fraction of sp³-hybridized carbons (Fsp3) is 0.273. The van der Waals surface area contributed by atoms with Gasteiger partial charge in [-0.05, 0) is 62.1 Å². The number of rotatable bonds is 3. The Labute approximate surface area is 158 Å². The summed E-state index contributed by atoms with van der Waals surface area (Å²) < 4.78 is 0. The fourth-order valence-corrected chi connectivity index (χ4v) is 3.72. The molecular formula is C22H23N3O2. The molecule has 4 rings (SSSR count). The molecule has 1 aliphatic rings. The molecule has 0 saturated heterocycles. The number of para-hydroxylation sites is 1. The molecular weight excluding hydrogens is 338 g/mol. The highest BCUT2D eigenvalue weighted by Gasteiger charge is 2.28. The first-order valence-electron chi connectivity index (χ1n) is 9.25. The minimum Gasteiger partial charge on any atom is -0.351 e. The summed E-state index contributed by atoms with van der Waals surface area (Å²) in [5.41, 5.74) is 5.85. The lowest BCUT2D eigenvalue weighted by molar-refractivity contribution is -0.119. The van der Waals surface area contributed by atoms with E-state index in [0.717, 1.165) is 28.6 Å². The van der Waals surface area contributed by atoms with Gasteiger partial charge >= 0.3 is 0 Å². The number of amides is 2. The Hall–Kier alpha value is -3.08. The molecule has 2 N–H and O–H groups in total. The molecule has 0 bridgehead atoms. The fourth-order valence-electron chi connectivity index (χ4n) is 3.72. The minimum absolute atomic E-state index is 0.0866. The van der Waals surface area contributed by atoms with E-state index in [4.69, 9.17) is 0 Å². The van der Waals surface area contributed by atoms with Gasteiger partial charge in [0, 0.05) is 23.1 Å². The first kappa shape index (κ1) is 17.3. The smallest absolute Gasteiger partial charge is 0.268 e. The van der Waals surface area contributed by atoms with Crippen molar-refractivity contribution in [1.29, 1.82) is 0 Å². The van der Waals surface area contributed by atoms with E-state index in [1.807, 2.05) is 49.4 Å². The molecule has 0 fully saturated rings. The van der Waals surface area contributed by atoms with Gasteiger partial charge in [-0.2, -0.15) is 0 Å². The van der Waals surface area contributed by atoms with Crippen LogP contribution in [0, 0.1) is 13.8 Å².